The van der Waals surface area contributed by atoms with E-state index >= 15 is 0 Å². The van der Waals surface area contributed by atoms with Gasteiger partial charge < -0.3 is 0 Å². The molecule has 0 aromatic rings. The molecule has 0 aromatic heterocycles. The maximum Gasteiger partial charge on any atom is 0.217 e. The van der Waals surface area contributed by atoms with Crippen molar-refractivity contribution in [3.05, 3.63) is 34.4 Å². The van der Waals surface area contributed by atoms with Crippen LogP contribution >= 0.6 is 0 Å². The lowest BCUT2D eigenvalue weighted by Gasteiger charge is -2.00. The van der Waals surface area contributed by atoms with Gasteiger partial charge in [0, 0.05) is 17.0 Å². The Bertz CT molecular complexity index is 416. The molecular formula is C6H5N3O2S. The monoisotopic (exact) mass is 183 g/mol. The quantitative estimate of drug-likeness (QED) is 0.265. The Kier molecular flexibility index (Phi) is 2.68. The minimum atomic E-state index is -2.22. The van der Waals surface area contributed by atoms with Gasteiger partial charge in [-0.05, 0) is 11.6 Å². The van der Waals surface area contributed by atoms with Crippen LogP contribution in [-0.2, 0) is 10.3 Å². The zero-order valence-corrected chi connectivity index (χ0v) is 6.82. The lowest BCUT2D eigenvalue weighted by molar-refractivity contribution is 0.627. The summed E-state index contributed by atoms with van der Waals surface area (Å²) in [5.41, 5.74) is 8.49. The molecule has 0 saturated heterocycles. The zero-order valence-electron chi connectivity index (χ0n) is 6.01. The fourth-order valence-corrected chi connectivity index (χ4v) is 1.26. The third-order valence-electron chi connectivity index (χ3n) is 1.31. The van der Waals surface area contributed by atoms with Gasteiger partial charge in [-0.1, -0.05) is 17.3 Å². The summed E-state index contributed by atoms with van der Waals surface area (Å²) < 4.78 is 20.9. The van der Waals surface area contributed by atoms with Crippen molar-refractivity contribution in [2.45, 2.75) is 6.42 Å². The van der Waals surface area contributed by atoms with Gasteiger partial charge in [-0.3, -0.25) is 0 Å². The van der Waals surface area contributed by atoms with E-state index in [1.54, 1.807) is 12.2 Å². The summed E-state index contributed by atoms with van der Waals surface area (Å²) in [5, 5.41) is 3.31. The molecule has 0 saturated carbocycles. The SMILES string of the molecule is [N-]=[N+]=NC1=CC=CC(=S(=O)=O)C1. The summed E-state index contributed by atoms with van der Waals surface area (Å²) in [7, 11) is -2.22. The average molecular weight is 183 g/mol. The van der Waals surface area contributed by atoms with Crippen molar-refractivity contribution in [3.8, 4) is 0 Å². The molecule has 0 bridgehead atoms. The van der Waals surface area contributed by atoms with Crippen molar-refractivity contribution < 1.29 is 8.42 Å². The van der Waals surface area contributed by atoms with Crippen LogP contribution in [0, 0.1) is 0 Å². The third kappa shape index (κ3) is 1.98. The van der Waals surface area contributed by atoms with Gasteiger partial charge in [0.1, 0.15) is 0 Å². The minimum Gasteiger partial charge on any atom is -0.184 e. The molecule has 0 aromatic carbocycles. The van der Waals surface area contributed by atoms with Crippen LogP contribution in [0.5, 0.6) is 0 Å². The van der Waals surface area contributed by atoms with Gasteiger partial charge >= 0.3 is 0 Å². The largest absolute Gasteiger partial charge is 0.217 e. The molecule has 1 aliphatic carbocycles. The van der Waals surface area contributed by atoms with E-state index in [2.05, 4.69) is 10.0 Å². The lowest BCUT2D eigenvalue weighted by atomic mass is 10.1. The molecule has 0 atom stereocenters. The number of hydrogen-bond acceptors (Lipinski definition) is 3. The highest BCUT2D eigenvalue weighted by atomic mass is 32.2. The van der Waals surface area contributed by atoms with Gasteiger partial charge in [0.05, 0.1) is 4.86 Å². The van der Waals surface area contributed by atoms with E-state index in [0.29, 0.717) is 5.70 Å². The van der Waals surface area contributed by atoms with Crippen molar-refractivity contribution in [1.82, 2.24) is 0 Å². The molecule has 0 fully saturated rings. The molecule has 6 heteroatoms. The molecule has 62 valence electrons. The molecule has 5 nitrogen and oxygen atoms in total. The Morgan fingerprint density at radius 2 is 2.33 bits per heavy atom. The van der Waals surface area contributed by atoms with Gasteiger partial charge in [0.2, 0.25) is 10.3 Å². The van der Waals surface area contributed by atoms with E-state index < -0.39 is 10.3 Å². The molecule has 1 rings (SSSR count). The minimum absolute atomic E-state index is 0.177. The van der Waals surface area contributed by atoms with Crippen LogP contribution in [0.3, 0.4) is 0 Å². The first-order chi connectivity index (χ1) is 5.74. The van der Waals surface area contributed by atoms with Crippen LogP contribution < -0.4 is 0 Å². The van der Waals surface area contributed by atoms with Crippen molar-refractivity contribution >= 4 is 15.2 Å². The summed E-state index contributed by atoms with van der Waals surface area (Å²) in [6.45, 7) is 0. The van der Waals surface area contributed by atoms with Crippen LogP contribution in [0.2, 0.25) is 0 Å². The molecule has 0 aliphatic heterocycles. The number of hydrogen-bond donors (Lipinski definition) is 0. The van der Waals surface area contributed by atoms with E-state index in [4.69, 9.17) is 5.53 Å². The molecule has 1 aliphatic rings. The second kappa shape index (κ2) is 3.75. The Hall–Kier alpha value is -1.52. The van der Waals surface area contributed by atoms with Crippen LogP contribution in [0.25, 0.3) is 10.4 Å². The van der Waals surface area contributed by atoms with E-state index in [9.17, 15) is 8.42 Å². The van der Waals surface area contributed by atoms with Gasteiger partial charge in [-0.2, -0.15) is 8.42 Å². The van der Waals surface area contributed by atoms with Gasteiger partial charge in [-0.15, -0.1) is 0 Å². The Labute approximate surface area is 70.2 Å². The molecule has 0 N–H and O–H groups in total. The van der Waals surface area contributed by atoms with Crippen LogP contribution in [0.15, 0.2) is 29.0 Å². The van der Waals surface area contributed by atoms with Crippen molar-refractivity contribution in [1.29, 1.82) is 0 Å². The number of allylic oxidation sites excluding steroid dienone is 4. The van der Waals surface area contributed by atoms with Crippen LogP contribution in [0.4, 0.5) is 0 Å². The maximum absolute atomic E-state index is 10.5. The third-order valence-corrected chi connectivity index (χ3v) is 2.02. The van der Waals surface area contributed by atoms with E-state index in [-0.39, 0.29) is 11.3 Å². The normalized spacial score (nSPS) is 15.0. The smallest absolute Gasteiger partial charge is 0.184 e. The van der Waals surface area contributed by atoms with Crippen molar-refractivity contribution in [2.75, 3.05) is 0 Å². The van der Waals surface area contributed by atoms with Crippen molar-refractivity contribution in [2.24, 2.45) is 5.11 Å². The second-order valence-electron chi connectivity index (χ2n) is 2.08. The summed E-state index contributed by atoms with van der Waals surface area (Å²) in [6.07, 6.45) is 4.77. The molecule has 0 heterocycles. The summed E-state index contributed by atoms with van der Waals surface area (Å²) in [4.78, 5) is 2.80. The molecule has 0 spiro atoms. The number of nitrogens with zero attached hydrogens (tertiary/aromatic N) is 3. The standard InChI is InChI=1S/C6H5N3O2S/c7-9-8-5-2-1-3-6(4-5)12(10)11/h1-3H,4H2. The number of azide groups is 1. The van der Waals surface area contributed by atoms with Crippen LogP contribution in [-0.4, -0.2) is 13.3 Å². The summed E-state index contributed by atoms with van der Waals surface area (Å²) in [5.74, 6) is 0. The average Bonchev–Trinajstić information content (AvgIpc) is 2.05. The first-order valence-electron chi connectivity index (χ1n) is 3.11. The Balaban J connectivity index is 3.04. The lowest BCUT2D eigenvalue weighted by Crippen LogP contribution is -1.99. The molecule has 12 heavy (non-hydrogen) atoms. The Morgan fingerprint density at radius 3 is 2.92 bits per heavy atom. The summed E-state index contributed by atoms with van der Waals surface area (Å²) >= 11 is 0. The molecule has 0 radical (unpaired) electrons. The highest BCUT2D eigenvalue weighted by Crippen LogP contribution is 2.10. The van der Waals surface area contributed by atoms with E-state index in [1.165, 1.54) is 6.08 Å². The van der Waals surface area contributed by atoms with E-state index in [0.717, 1.165) is 0 Å². The fourth-order valence-electron chi connectivity index (χ4n) is 0.803. The second-order valence-corrected chi connectivity index (χ2v) is 3.08. The number of rotatable bonds is 1. The van der Waals surface area contributed by atoms with Crippen molar-refractivity contribution in [3.63, 3.8) is 0 Å². The molecule has 0 unspecified atom stereocenters. The summed E-state index contributed by atoms with van der Waals surface area (Å²) in [6, 6.07) is 0. The molecular weight excluding hydrogens is 178 g/mol. The Morgan fingerprint density at radius 1 is 1.58 bits per heavy atom. The highest BCUT2D eigenvalue weighted by Gasteiger charge is 2.04. The van der Waals surface area contributed by atoms with Crippen LogP contribution in [0.1, 0.15) is 6.42 Å². The molecule has 0 amide bonds. The highest BCUT2D eigenvalue weighted by molar-refractivity contribution is 7.73. The zero-order chi connectivity index (χ0) is 8.97. The fraction of sp³-hybridized carbons (Fsp3) is 0.167. The van der Waals surface area contributed by atoms with Gasteiger partial charge in [0.25, 0.3) is 0 Å². The first-order valence-corrected chi connectivity index (χ1v) is 4.19. The van der Waals surface area contributed by atoms with Gasteiger partial charge in [0.15, 0.2) is 0 Å². The first kappa shape index (κ1) is 8.58. The maximum atomic E-state index is 10.5. The van der Waals surface area contributed by atoms with Gasteiger partial charge in [-0.25, -0.2) is 0 Å². The van der Waals surface area contributed by atoms with E-state index in [1.807, 2.05) is 0 Å². The topological polar surface area (TPSA) is 82.9 Å². The predicted molar refractivity (Wildman–Crippen MR) is 44.9 cm³/mol. The predicted octanol–water partition coefficient (Wildman–Crippen LogP) is 1.19.